The molecule has 2 aromatic heterocycles. The number of aromatic nitrogens is 2. The molecular weight excluding hydrogens is 207 g/mol. The largest absolute Gasteiger partial charge is 0.390 e. The highest BCUT2D eigenvalue weighted by Gasteiger charge is 2.11. The van der Waals surface area contributed by atoms with E-state index in [9.17, 15) is 4.39 Å². The molecule has 0 aliphatic carbocycles. The number of aliphatic hydroxyl groups excluding tert-OH is 1. The van der Waals surface area contributed by atoms with E-state index in [2.05, 4.69) is 4.98 Å². The van der Waals surface area contributed by atoms with Gasteiger partial charge >= 0.3 is 0 Å². The highest BCUT2D eigenvalue weighted by atomic mass is 35.5. The maximum atomic E-state index is 13.0. The summed E-state index contributed by atoms with van der Waals surface area (Å²) in [4.78, 5) is 4.13. The molecule has 0 amide bonds. The summed E-state index contributed by atoms with van der Waals surface area (Å²) in [7, 11) is 0. The lowest BCUT2D eigenvalue weighted by Gasteiger charge is -2.00. The van der Waals surface area contributed by atoms with Gasteiger partial charge in [0.05, 0.1) is 23.0 Å². The number of aryl methyl sites for hydroxylation is 1. The van der Waals surface area contributed by atoms with Gasteiger partial charge in [0.2, 0.25) is 0 Å². The normalized spacial score (nSPS) is 11.1. The molecule has 3 nitrogen and oxygen atoms in total. The number of aliphatic hydroxyl groups is 1. The first-order valence-electron chi connectivity index (χ1n) is 4.07. The van der Waals surface area contributed by atoms with Gasteiger partial charge in [0.15, 0.2) is 5.65 Å². The lowest BCUT2D eigenvalue weighted by atomic mass is 10.3. The lowest BCUT2D eigenvalue weighted by Crippen LogP contribution is -1.95. The number of pyridine rings is 1. The molecule has 0 atom stereocenters. The van der Waals surface area contributed by atoms with E-state index in [0.29, 0.717) is 17.0 Å². The maximum Gasteiger partial charge on any atom is 0.156 e. The lowest BCUT2D eigenvalue weighted by molar-refractivity contribution is 0.274. The minimum Gasteiger partial charge on any atom is -0.390 e. The highest BCUT2D eigenvalue weighted by molar-refractivity contribution is 6.33. The molecule has 2 aromatic rings. The Kier molecular flexibility index (Phi) is 2.17. The van der Waals surface area contributed by atoms with Crippen molar-refractivity contribution in [3.63, 3.8) is 0 Å². The molecule has 0 unspecified atom stereocenters. The van der Waals surface area contributed by atoms with Crippen LogP contribution in [-0.2, 0) is 6.61 Å². The van der Waals surface area contributed by atoms with Crippen molar-refractivity contribution in [1.82, 2.24) is 9.38 Å². The standard InChI is InChI=1S/C9H8ClFN2O/c1-5-8(4-14)13-3-6(11)2-7(10)9(13)12-5/h2-3,14H,4H2,1H3. The zero-order chi connectivity index (χ0) is 10.3. The van der Waals surface area contributed by atoms with Crippen molar-refractivity contribution in [1.29, 1.82) is 0 Å². The predicted octanol–water partition coefficient (Wildman–Crippen LogP) is 1.93. The van der Waals surface area contributed by atoms with E-state index >= 15 is 0 Å². The Morgan fingerprint density at radius 1 is 1.64 bits per heavy atom. The first-order chi connectivity index (χ1) is 6.63. The fraction of sp³-hybridized carbons (Fsp3) is 0.222. The van der Waals surface area contributed by atoms with Crippen LogP contribution in [0.2, 0.25) is 5.02 Å². The third kappa shape index (κ3) is 1.27. The SMILES string of the molecule is Cc1nc2c(Cl)cc(F)cn2c1CO. The van der Waals surface area contributed by atoms with Crippen LogP contribution in [0, 0.1) is 12.7 Å². The molecule has 14 heavy (non-hydrogen) atoms. The molecule has 74 valence electrons. The third-order valence-corrected chi connectivity index (χ3v) is 2.37. The van der Waals surface area contributed by atoms with Gasteiger partial charge in [-0.15, -0.1) is 0 Å². The van der Waals surface area contributed by atoms with Gasteiger partial charge in [-0.2, -0.15) is 0 Å². The molecule has 5 heteroatoms. The van der Waals surface area contributed by atoms with Crippen LogP contribution in [0.3, 0.4) is 0 Å². The zero-order valence-corrected chi connectivity index (χ0v) is 8.22. The van der Waals surface area contributed by atoms with E-state index < -0.39 is 5.82 Å². The van der Waals surface area contributed by atoms with Gasteiger partial charge in [-0.3, -0.25) is 4.40 Å². The van der Waals surface area contributed by atoms with E-state index in [0.717, 1.165) is 0 Å². The Morgan fingerprint density at radius 3 is 3.00 bits per heavy atom. The van der Waals surface area contributed by atoms with Gasteiger partial charge in [0.25, 0.3) is 0 Å². The summed E-state index contributed by atoms with van der Waals surface area (Å²) in [5, 5.41) is 9.30. The van der Waals surface area contributed by atoms with E-state index in [4.69, 9.17) is 16.7 Å². The molecule has 0 spiro atoms. The van der Waals surface area contributed by atoms with Crippen molar-refractivity contribution in [2.45, 2.75) is 13.5 Å². The quantitative estimate of drug-likeness (QED) is 0.788. The van der Waals surface area contributed by atoms with Crippen molar-refractivity contribution in [2.24, 2.45) is 0 Å². The van der Waals surface area contributed by atoms with E-state index in [1.165, 1.54) is 16.7 Å². The van der Waals surface area contributed by atoms with Crippen LogP contribution >= 0.6 is 11.6 Å². The monoisotopic (exact) mass is 214 g/mol. The van der Waals surface area contributed by atoms with Crippen LogP contribution < -0.4 is 0 Å². The number of fused-ring (bicyclic) bond motifs is 1. The van der Waals surface area contributed by atoms with Gasteiger partial charge in [-0.05, 0) is 13.0 Å². The minimum absolute atomic E-state index is 0.188. The highest BCUT2D eigenvalue weighted by Crippen LogP contribution is 2.21. The predicted molar refractivity (Wildman–Crippen MR) is 50.8 cm³/mol. The molecule has 2 heterocycles. The first-order valence-corrected chi connectivity index (χ1v) is 4.44. The molecule has 0 aliphatic rings. The number of hydrogen-bond donors (Lipinski definition) is 1. The Bertz CT molecular complexity index is 495. The van der Waals surface area contributed by atoms with Crippen molar-refractivity contribution < 1.29 is 9.50 Å². The maximum absolute atomic E-state index is 13.0. The van der Waals surface area contributed by atoms with E-state index in [1.54, 1.807) is 6.92 Å². The Balaban J connectivity index is 2.87. The van der Waals surface area contributed by atoms with Gasteiger partial charge < -0.3 is 5.11 Å². The number of hydrogen-bond acceptors (Lipinski definition) is 2. The van der Waals surface area contributed by atoms with E-state index in [-0.39, 0.29) is 11.6 Å². The summed E-state index contributed by atoms with van der Waals surface area (Å²) < 4.78 is 14.5. The van der Waals surface area contributed by atoms with Crippen LogP contribution in [0.1, 0.15) is 11.4 Å². The summed E-state index contributed by atoms with van der Waals surface area (Å²) in [5.41, 5.74) is 1.68. The molecule has 0 fully saturated rings. The molecular formula is C9H8ClFN2O. The number of rotatable bonds is 1. The molecule has 0 aliphatic heterocycles. The minimum atomic E-state index is -0.449. The fourth-order valence-electron chi connectivity index (χ4n) is 1.42. The number of nitrogens with zero attached hydrogens (tertiary/aromatic N) is 2. The van der Waals surface area contributed by atoms with Crippen molar-refractivity contribution in [3.05, 3.63) is 34.5 Å². The molecule has 0 saturated heterocycles. The smallest absolute Gasteiger partial charge is 0.156 e. The van der Waals surface area contributed by atoms with Gasteiger partial charge in [-0.1, -0.05) is 11.6 Å². The molecule has 0 aromatic carbocycles. The average molecular weight is 215 g/mol. The van der Waals surface area contributed by atoms with Gasteiger partial charge in [-0.25, -0.2) is 9.37 Å². The topological polar surface area (TPSA) is 37.5 Å². The van der Waals surface area contributed by atoms with Crippen molar-refractivity contribution in [2.75, 3.05) is 0 Å². The Hall–Kier alpha value is -1.13. The van der Waals surface area contributed by atoms with Gasteiger partial charge in [0.1, 0.15) is 5.82 Å². The molecule has 0 saturated carbocycles. The average Bonchev–Trinajstić information content (AvgIpc) is 2.41. The number of halogens is 2. The molecule has 1 N–H and O–H groups in total. The summed E-state index contributed by atoms with van der Waals surface area (Å²) in [6, 6.07) is 1.20. The molecule has 2 rings (SSSR count). The fourth-order valence-corrected chi connectivity index (χ4v) is 1.66. The second kappa shape index (κ2) is 3.22. The second-order valence-electron chi connectivity index (χ2n) is 3.00. The Morgan fingerprint density at radius 2 is 2.36 bits per heavy atom. The van der Waals surface area contributed by atoms with Crippen LogP contribution in [0.15, 0.2) is 12.3 Å². The van der Waals surface area contributed by atoms with Gasteiger partial charge in [0, 0.05) is 6.20 Å². The third-order valence-electron chi connectivity index (χ3n) is 2.09. The summed E-state index contributed by atoms with van der Waals surface area (Å²) in [6.07, 6.45) is 1.26. The summed E-state index contributed by atoms with van der Waals surface area (Å²) in [6.45, 7) is 1.56. The summed E-state index contributed by atoms with van der Waals surface area (Å²) >= 11 is 5.80. The van der Waals surface area contributed by atoms with Crippen LogP contribution in [-0.4, -0.2) is 14.5 Å². The zero-order valence-electron chi connectivity index (χ0n) is 7.46. The van der Waals surface area contributed by atoms with Crippen molar-refractivity contribution in [3.8, 4) is 0 Å². The van der Waals surface area contributed by atoms with Crippen LogP contribution in [0.4, 0.5) is 4.39 Å². The second-order valence-corrected chi connectivity index (χ2v) is 3.41. The summed E-state index contributed by atoms with van der Waals surface area (Å²) in [5.74, 6) is -0.449. The first kappa shape index (κ1) is 9.43. The molecule has 0 radical (unpaired) electrons. The molecule has 0 bridgehead atoms. The van der Waals surface area contributed by atoms with Crippen molar-refractivity contribution >= 4 is 17.2 Å². The van der Waals surface area contributed by atoms with Crippen LogP contribution in [0.5, 0.6) is 0 Å². The van der Waals surface area contributed by atoms with Crippen LogP contribution in [0.25, 0.3) is 5.65 Å². The Labute approximate surface area is 84.8 Å². The number of imidazole rings is 1. The van der Waals surface area contributed by atoms with E-state index in [1.807, 2.05) is 0 Å².